The fourth-order valence-corrected chi connectivity index (χ4v) is 3.45. The van der Waals surface area contributed by atoms with Crippen LogP contribution in [0.15, 0.2) is 65.6 Å². The summed E-state index contributed by atoms with van der Waals surface area (Å²) in [7, 11) is 0. The molecule has 0 spiro atoms. The van der Waals surface area contributed by atoms with Crippen LogP contribution in [0.4, 0.5) is 5.69 Å². The van der Waals surface area contributed by atoms with Crippen LogP contribution in [0.3, 0.4) is 0 Å². The predicted molar refractivity (Wildman–Crippen MR) is 121 cm³/mol. The number of nitrogens with one attached hydrogen (secondary N) is 2. The molecule has 2 aromatic heterocycles. The number of halogens is 1. The van der Waals surface area contributed by atoms with E-state index in [9.17, 15) is 9.59 Å². The number of carbonyl (C=O) groups excluding carboxylic acids is 1. The number of hydrogen-bond acceptors (Lipinski definition) is 4. The average Bonchev–Trinajstić information content (AvgIpc) is 3.15. The number of H-pyrrole nitrogens is 1. The van der Waals surface area contributed by atoms with Gasteiger partial charge >= 0.3 is 0 Å². The van der Waals surface area contributed by atoms with Crippen molar-refractivity contribution in [2.24, 2.45) is 0 Å². The van der Waals surface area contributed by atoms with E-state index in [1.807, 2.05) is 32.0 Å². The van der Waals surface area contributed by atoms with Crippen LogP contribution in [0.25, 0.3) is 17.1 Å². The fraction of sp³-hybridized carbons (Fsp3) is 0.130. The number of benzene rings is 2. The molecule has 31 heavy (non-hydrogen) atoms. The lowest BCUT2D eigenvalue weighted by Gasteiger charge is -2.09. The number of aromatic amines is 1. The summed E-state index contributed by atoms with van der Waals surface area (Å²) in [5.74, 6) is 0.178. The first-order chi connectivity index (χ1) is 14.9. The van der Waals surface area contributed by atoms with Crippen molar-refractivity contribution in [3.63, 3.8) is 0 Å². The van der Waals surface area contributed by atoms with Crippen molar-refractivity contribution in [3.8, 4) is 17.1 Å². The van der Waals surface area contributed by atoms with E-state index in [4.69, 9.17) is 11.6 Å². The molecule has 0 unspecified atom stereocenters. The van der Waals surface area contributed by atoms with E-state index in [0.29, 0.717) is 45.5 Å². The lowest BCUT2D eigenvalue weighted by Crippen LogP contribution is -2.13. The Morgan fingerprint density at radius 1 is 1.16 bits per heavy atom. The van der Waals surface area contributed by atoms with Gasteiger partial charge in [-0.2, -0.15) is 5.10 Å². The predicted octanol–water partition coefficient (Wildman–Crippen LogP) is 4.40. The first kappa shape index (κ1) is 20.6. The van der Waals surface area contributed by atoms with Gasteiger partial charge in [0.05, 0.1) is 23.1 Å². The number of anilines is 1. The summed E-state index contributed by atoms with van der Waals surface area (Å²) in [6.07, 6.45) is 2.18. The fourth-order valence-electron chi connectivity index (χ4n) is 3.27. The molecule has 8 heteroatoms. The molecule has 0 saturated carbocycles. The van der Waals surface area contributed by atoms with Crippen LogP contribution in [0, 0.1) is 6.92 Å². The monoisotopic (exact) mass is 433 g/mol. The van der Waals surface area contributed by atoms with E-state index >= 15 is 0 Å². The third-order valence-electron chi connectivity index (χ3n) is 4.86. The lowest BCUT2D eigenvalue weighted by atomic mass is 10.1. The quantitative estimate of drug-likeness (QED) is 0.488. The van der Waals surface area contributed by atoms with E-state index in [1.165, 1.54) is 12.3 Å². The Labute approximate surface area is 183 Å². The molecule has 0 bridgehead atoms. The SMILES string of the molecule is CCc1cc(=O)[nH]c(-c2cccc(NC(=O)c3cnn(-c4cccc(Cl)c4)c3C)c2)n1. The summed E-state index contributed by atoms with van der Waals surface area (Å²) in [6, 6.07) is 15.9. The molecular formula is C23H20ClN5O2. The van der Waals surface area contributed by atoms with Gasteiger partial charge in [0.1, 0.15) is 5.82 Å². The van der Waals surface area contributed by atoms with Crippen LogP contribution in [-0.2, 0) is 6.42 Å². The van der Waals surface area contributed by atoms with Crippen molar-refractivity contribution < 1.29 is 4.79 Å². The third kappa shape index (κ3) is 4.41. The molecule has 0 aliphatic carbocycles. The number of aryl methyl sites for hydroxylation is 1. The normalized spacial score (nSPS) is 10.8. The van der Waals surface area contributed by atoms with Crippen molar-refractivity contribution in [1.29, 1.82) is 0 Å². The summed E-state index contributed by atoms with van der Waals surface area (Å²) in [4.78, 5) is 32.0. The van der Waals surface area contributed by atoms with Gasteiger partial charge in [0.2, 0.25) is 0 Å². The zero-order valence-electron chi connectivity index (χ0n) is 17.0. The minimum atomic E-state index is -0.285. The summed E-state index contributed by atoms with van der Waals surface area (Å²) >= 11 is 6.07. The maximum Gasteiger partial charge on any atom is 0.259 e. The van der Waals surface area contributed by atoms with Crippen LogP contribution in [0.1, 0.15) is 28.7 Å². The number of hydrogen-bond donors (Lipinski definition) is 2. The maximum atomic E-state index is 12.9. The van der Waals surface area contributed by atoms with E-state index in [1.54, 1.807) is 35.0 Å². The molecule has 1 amide bonds. The van der Waals surface area contributed by atoms with Crippen molar-refractivity contribution in [2.45, 2.75) is 20.3 Å². The summed E-state index contributed by atoms with van der Waals surface area (Å²) in [5, 5.41) is 7.81. The van der Waals surface area contributed by atoms with Crippen LogP contribution in [-0.4, -0.2) is 25.7 Å². The molecular weight excluding hydrogens is 414 g/mol. The maximum absolute atomic E-state index is 12.9. The smallest absolute Gasteiger partial charge is 0.259 e. The molecule has 4 aromatic rings. The van der Waals surface area contributed by atoms with Gasteiger partial charge in [-0.1, -0.05) is 36.7 Å². The molecule has 0 aliphatic heterocycles. The van der Waals surface area contributed by atoms with Crippen LogP contribution < -0.4 is 10.9 Å². The van der Waals surface area contributed by atoms with E-state index in [2.05, 4.69) is 20.4 Å². The van der Waals surface area contributed by atoms with Crippen LogP contribution in [0.5, 0.6) is 0 Å². The molecule has 2 N–H and O–H groups in total. The molecule has 0 saturated heterocycles. The van der Waals surface area contributed by atoms with E-state index in [-0.39, 0.29) is 11.5 Å². The Kier molecular flexibility index (Phi) is 5.68. The van der Waals surface area contributed by atoms with Gasteiger partial charge < -0.3 is 10.3 Å². The Hall–Kier alpha value is -3.71. The van der Waals surface area contributed by atoms with Crippen molar-refractivity contribution >= 4 is 23.2 Å². The van der Waals surface area contributed by atoms with Gasteiger partial charge in [-0.15, -0.1) is 0 Å². The van der Waals surface area contributed by atoms with Gasteiger partial charge in [-0.3, -0.25) is 9.59 Å². The second-order valence-corrected chi connectivity index (χ2v) is 7.45. The van der Waals surface area contributed by atoms with Gasteiger partial charge in [0.25, 0.3) is 11.5 Å². The standard InChI is InChI=1S/C23H20ClN5O2/c1-3-17-12-21(30)28-22(26-17)15-6-4-8-18(10-15)27-23(31)20-13-25-29(14(20)2)19-9-5-7-16(24)11-19/h4-13H,3H2,1-2H3,(H,27,31)(H,26,28,30). The third-order valence-corrected chi connectivity index (χ3v) is 5.09. The van der Waals surface area contributed by atoms with Gasteiger partial charge in [0.15, 0.2) is 0 Å². The van der Waals surface area contributed by atoms with E-state index in [0.717, 1.165) is 5.69 Å². The Bertz CT molecular complexity index is 1330. The molecule has 4 rings (SSSR count). The molecule has 0 radical (unpaired) electrons. The van der Waals surface area contributed by atoms with Crippen LogP contribution >= 0.6 is 11.6 Å². The summed E-state index contributed by atoms with van der Waals surface area (Å²) < 4.78 is 1.67. The minimum absolute atomic E-state index is 0.208. The second-order valence-electron chi connectivity index (χ2n) is 7.01. The highest BCUT2D eigenvalue weighted by Crippen LogP contribution is 2.21. The number of rotatable bonds is 5. The second kappa shape index (κ2) is 8.57. The Morgan fingerprint density at radius 3 is 2.74 bits per heavy atom. The molecule has 2 heterocycles. The van der Waals surface area contributed by atoms with E-state index < -0.39 is 0 Å². The first-order valence-corrected chi connectivity index (χ1v) is 10.1. The highest BCUT2D eigenvalue weighted by molar-refractivity contribution is 6.30. The van der Waals surface area contributed by atoms with Gasteiger partial charge in [0, 0.05) is 28.0 Å². The van der Waals surface area contributed by atoms with Crippen molar-refractivity contribution in [1.82, 2.24) is 19.7 Å². The molecule has 2 aromatic carbocycles. The highest BCUT2D eigenvalue weighted by atomic mass is 35.5. The van der Waals surface area contributed by atoms with Crippen LogP contribution in [0.2, 0.25) is 5.02 Å². The number of nitrogens with zero attached hydrogens (tertiary/aromatic N) is 3. The van der Waals surface area contributed by atoms with Gasteiger partial charge in [-0.25, -0.2) is 9.67 Å². The molecule has 156 valence electrons. The summed E-state index contributed by atoms with van der Waals surface area (Å²) in [6.45, 7) is 3.76. The van der Waals surface area contributed by atoms with Crippen molar-refractivity contribution in [2.75, 3.05) is 5.32 Å². The highest BCUT2D eigenvalue weighted by Gasteiger charge is 2.16. The number of amides is 1. The Morgan fingerprint density at radius 2 is 1.97 bits per heavy atom. The minimum Gasteiger partial charge on any atom is -0.322 e. The molecule has 0 fully saturated rings. The first-order valence-electron chi connectivity index (χ1n) is 9.77. The van der Waals surface area contributed by atoms with Gasteiger partial charge in [-0.05, 0) is 43.7 Å². The topological polar surface area (TPSA) is 92.7 Å². The zero-order chi connectivity index (χ0) is 22.0. The number of carbonyl (C=O) groups is 1. The summed E-state index contributed by atoms with van der Waals surface area (Å²) in [5.41, 5.74) is 3.70. The zero-order valence-corrected chi connectivity index (χ0v) is 17.8. The largest absolute Gasteiger partial charge is 0.322 e. The molecule has 0 aliphatic rings. The molecule has 0 atom stereocenters. The van der Waals surface area contributed by atoms with Crippen molar-refractivity contribution in [3.05, 3.63) is 93.1 Å². The average molecular weight is 434 g/mol. The Balaban J connectivity index is 1.60. The molecule has 7 nitrogen and oxygen atoms in total. The lowest BCUT2D eigenvalue weighted by molar-refractivity contribution is 0.102. The number of aromatic nitrogens is 4.